The van der Waals surface area contributed by atoms with Crippen LogP contribution in [0.5, 0.6) is 0 Å². The van der Waals surface area contributed by atoms with Gasteiger partial charge >= 0.3 is 0 Å². The molecule has 1 atom stereocenters. The number of nitrogens with zero attached hydrogens (tertiary/aromatic N) is 3. The number of carbonyl (C=O) groups excluding carboxylic acids is 2. The molecule has 28 heavy (non-hydrogen) atoms. The van der Waals surface area contributed by atoms with Crippen molar-refractivity contribution in [3.63, 3.8) is 0 Å². The summed E-state index contributed by atoms with van der Waals surface area (Å²) >= 11 is 0. The zero-order valence-corrected chi connectivity index (χ0v) is 15.7. The van der Waals surface area contributed by atoms with Crippen LogP contribution in [-0.2, 0) is 16.6 Å². The number of fused-ring (bicyclic) bond motifs is 1. The second-order valence-corrected chi connectivity index (χ2v) is 7.09. The van der Waals surface area contributed by atoms with E-state index in [4.69, 9.17) is 0 Å². The molecular formula is C22H22N4O2. The van der Waals surface area contributed by atoms with Crippen molar-refractivity contribution in [3.05, 3.63) is 71.9 Å². The number of hydrazone groups is 1. The zero-order chi connectivity index (χ0) is 19.5. The third-order valence-electron chi connectivity index (χ3n) is 5.14. The van der Waals surface area contributed by atoms with Gasteiger partial charge in [-0.25, -0.2) is 5.43 Å². The average molecular weight is 374 g/mol. The summed E-state index contributed by atoms with van der Waals surface area (Å²) in [5.41, 5.74) is 5.70. The molecule has 0 aliphatic carbocycles. The predicted molar refractivity (Wildman–Crippen MR) is 109 cm³/mol. The van der Waals surface area contributed by atoms with E-state index in [0.29, 0.717) is 13.0 Å². The SMILES string of the molecule is Cn1cc(/C=N\NC(=O)CN2C[C@H](c3ccccc3)CC2=O)c2ccccc21. The molecule has 2 heterocycles. The van der Waals surface area contributed by atoms with E-state index in [2.05, 4.69) is 10.5 Å². The van der Waals surface area contributed by atoms with Gasteiger partial charge in [0.2, 0.25) is 5.91 Å². The maximum Gasteiger partial charge on any atom is 0.259 e. The van der Waals surface area contributed by atoms with Crippen molar-refractivity contribution < 1.29 is 9.59 Å². The summed E-state index contributed by atoms with van der Waals surface area (Å²) in [5, 5.41) is 5.15. The van der Waals surface area contributed by atoms with Crippen LogP contribution in [0.4, 0.5) is 0 Å². The number of likely N-dealkylation sites (tertiary alicyclic amines) is 1. The molecule has 3 aromatic rings. The molecule has 1 fully saturated rings. The third-order valence-corrected chi connectivity index (χ3v) is 5.14. The third kappa shape index (κ3) is 3.67. The lowest BCUT2D eigenvalue weighted by Gasteiger charge is -2.15. The Morgan fingerprint density at radius 3 is 2.75 bits per heavy atom. The Labute approximate surface area is 163 Å². The van der Waals surface area contributed by atoms with E-state index >= 15 is 0 Å². The molecule has 4 rings (SSSR count). The fraction of sp³-hybridized carbons (Fsp3) is 0.227. The number of hydrogen-bond donors (Lipinski definition) is 1. The van der Waals surface area contributed by atoms with E-state index in [-0.39, 0.29) is 24.3 Å². The first kappa shape index (κ1) is 18.0. The quantitative estimate of drug-likeness (QED) is 0.551. The number of para-hydroxylation sites is 1. The number of hydrogen-bond acceptors (Lipinski definition) is 3. The van der Waals surface area contributed by atoms with Crippen LogP contribution in [0.25, 0.3) is 10.9 Å². The smallest absolute Gasteiger partial charge is 0.259 e. The highest BCUT2D eigenvalue weighted by Crippen LogP contribution is 2.27. The molecule has 0 unspecified atom stereocenters. The fourth-order valence-corrected chi connectivity index (χ4v) is 3.73. The molecule has 2 aromatic carbocycles. The lowest BCUT2D eigenvalue weighted by atomic mass is 9.99. The monoisotopic (exact) mass is 374 g/mol. The van der Waals surface area contributed by atoms with E-state index < -0.39 is 0 Å². The lowest BCUT2D eigenvalue weighted by Crippen LogP contribution is -2.36. The normalized spacial score (nSPS) is 17.0. The Kier molecular flexibility index (Phi) is 4.93. The van der Waals surface area contributed by atoms with Gasteiger partial charge in [0.25, 0.3) is 5.91 Å². The van der Waals surface area contributed by atoms with Gasteiger partial charge in [-0.05, 0) is 11.6 Å². The predicted octanol–water partition coefficient (Wildman–Crippen LogP) is 2.64. The summed E-state index contributed by atoms with van der Waals surface area (Å²) in [4.78, 5) is 26.1. The molecule has 1 saturated heterocycles. The Balaban J connectivity index is 1.35. The molecule has 2 amide bonds. The second kappa shape index (κ2) is 7.68. The highest BCUT2D eigenvalue weighted by molar-refractivity contribution is 5.99. The maximum absolute atomic E-state index is 12.2. The summed E-state index contributed by atoms with van der Waals surface area (Å²) in [5.74, 6) is -0.152. The Morgan fingerprint density at radius 1 is 1.18 bits per heavy atom. The van der Waals surface area contributed by atoms with Crippen molar-refractivity contribution in [1.29, 1.82) is 0 Å². The molecule has 0 saturated carbocycles. The highest BCUT2D eigenvalue weighted by Gasteiger charge is 2.31. The van der Waals surface area contributed by atoms with Crippen LogP contribution in [0, 0.1) is 0 Å². The largest absolute Gasteiger partial charge is 0.350 e. The van der Waals surface area contributed by atoms with E-state index in [1.165, 1.54) is 0 Å². The minimum atomic E-state index is -0.293. The number of nitrogens with one attached hydrogen (secondary N) is 1. The van der Waals surface area contributed by atoms with Crippen LogP contribution in [-0.4, -0.2) is 40.6 Å². The van der Waals surface area contributed by atoms with Crippen LogP contribution >= 0.6 is 0 Å². The Hall–Kier alpha value is -3.41. The summed E-state index contributed by atoms with van der Waals surface area (Å²) in [6, 6.07) is 18.0. The van der Waals surface area contributed by atoms with Gasteiger partial charge in [0.05, 0.1) is 6.21 Å². The minimum absolute atomic E-state index is 0.00189. The van der Waals surface area contributed by atoms with Gasteiger partial charge < -0.3 is 9.47 Å². The van der Waals surface area contributed by atoms with Crippen LogP contribution in [0.2, 0.25) is 0 Å². The molecule has 6 heteroatoms. The van der Waals surface area contributed by atoms with Gasteiger partial charge in [0.15, 0.2) is 0 Å². The first-order valence-corrected chi connectivity index (χ1v) is 9.30. The molecule has 0 spiro atoms. The molecular weight excluding hydrogens is 352 g/mol. The van der Waals surface area contributed by atoms with Gasteiger partial charge in [-0.3, -0.25) is 9.59 Å². The summed E-state index contributed by atoms with van der Waals surface area (Å²) in [6.07, 6.45) is 4.05. The van der Waals surface area contributed by atoms with Gasteiger partial charge in [-0.1, -0.05) is 48.5 Å². The minimum Gasteiger partial charge on any atom is -0.350 e. The van der Waals surface area contributed by atoms with Crippen molar-refractivity contribution in [2.45, 2.75) is 12.3 Å². The van der Waals surface area contributed by atoms with Gasteiger partial charge in [-0.2, -0.15) is 5.10 Å². The van der Waals surface area contributed by atoms with Gasteiger partial charge in [-0.15, -0.1) is 0 Å². The molecule has 142 valence electrons. The zero-order valence-electron chi connectivity index (χ0n) is 15.7. The molecule has 1 N–H and O–H groups in total. The van der Waals surface area contributed by atoms with Crippen LogP contribution < -0.4 is 5.43 Å². The first-order valence-electron chi connectivity index (χ1n) is 9.30. The highest BCUT2D eigenvalue weighted by atomic mass is 16.2. The summed E-state index contributed by atoms with van der Waals surface area (Å²) < 4.78 is 2.02. The van der Waals surface area contributed by atoms with E-state index in [9.17, 15) is 9.59 Å². The van der Waals surface area contributed by atoms with E-state index in [1.807, 2.05) is 72.4 Å². The van der Waals surface area contributed by atoms with Crippen molar-refractivity contribution in [1.82, 2.24) is 14.9 Å². The van der Waals surface area contributed by atoms with Crippen molar-refractivity contribution in [3.8, 4) is 0 Å². The second-order valence-electron chi connectivity index (χ2n) is 7.09. The standard InChI is InChI=1S/C22H22N4O2/c1-25-13-18(19-9-5-6-10-20(19)25)12-23-24-21(27)15-26-14-17(11-22(26)28)16-7-3-2-4-8-16/h2-10,12-13,17H,11,14-15H2,1H3,(H,24,27)/b23-12-/t17-/m1/s1. The van der Waals surface area contributed by atoms with E-state index in [1.54, 1.807) is 11.1 Å². The fourth-order valence-electron chi connectivity index (χ4n) is 3.73. The number of rotatable bonds is 5. The van der Waals surface area contributed by atoms with E-state index in [0.717, 1.165) is 22.0 Å². The summed E-state index contributed by atoms with van der Waals surface area (Å²) in [7, 11) is 1.97. The van der Waals surface area contributed by atoms with Crippen molar-refractivity contribution >= 4 is 28.9 Å². The topological polar surface area (TPSA) is 66.7 Å². The lowest BCUT2D eigenvalue weighted by molar-refractivity contribution is -0.133. The van der Waals surface area contributed by atoms with Gasteiger partial charge in [0.1, 0.15) is 6.54 Å². The Morgan fingerprint density at radius 2 is 1.93 bits per heavy atom. The van der Waals surface area contributed by atoms with Crippen LogP contribution in [0.15, 0.2) is 65.9 Å². The number of aryl methyl sites for hydroxylation is 1. The maximum atomic E-state index is 12.2. The number of carbonyl (C=O) groups is 2. The molecule has 1 aromatic heterocycles. The number of aromatic nitrogens is 1. The molecule has 1 aliphatic heterocycles. The van der Waals surface area contributed by atoms with Gasteiger partial charge in [0, 0.05) is 48.6 Å². The summed E-state index contributed by atoms with van der Waals surface area (Å²) in [6.45, 7) is 0.582. The molecule has 6 nitrogen and oxygen atoms in total. The van der Waals surface area contributed by atoms with Crippen LogP contribution in [0.3, 0.4) is 0 Å². The number of benzene rings is 2. The van der Waals surface area contributed by atoms with Crippen LogP contribution in [0.1, 0.15) is 23.5 Å². The molecule has 0 radical (unpaired) electrons. The Bertz CT molecular complexity index is 1040. The molecule has 0 bridgehead atoms. The average Bonchev–Trinajstić information content (AvgIpc) is 3.23. The molecule has 1 aliphatic rings. The first-order chi connectivity index (χ1) is 13.6. The van der Waals surface area contributed by atoms with Crippen molar-refractivity contribution in [2.75, 3.05) is 13.1 Å². The number of amides is 2. The van der Waals surface area contributed by atoms with Crippen molar-refractivity contribution in [2.24, 2.45) is 12.1 Å².